The molecule has 0 radical (unpaired) electrons. The lowest BCUT2D eigenvalue weighted by Gasteiger charge is -2.05. The lowest BCUT2D eigenvalue weighted by molar-refractivity contribution is 0.0697. The fraction of sp³-hybridized carbons (Fsp3) is 0. The molecule has 0 spiro atoms. The van der Waals surface area contributed by atoms with Gasteiger partial charge in [-0.1, -0.05) is 12.1 Å². The van der Waals surface area contributed by atoms with Gasteiger partial charge in [-0.25, -0.2) is 4.79 Å². The number of amidine groups is 1. The molecule has 12 heteroatoms. The summed E-state index contributed by atoms with van der Waals surface area (Å²) in [7, 11) is -4.51. The predicted molar refractivity (Wildman–Crippen MR) is 92.5 cm³/mol. The predicted octanol–water partition coefficient (Wildman–Crippen LogP) is 2.37. The van der Waals surface area contributed by atoms with Crippen molar-refractivity contribution in [3.8, 4) is 11.8 Å². The molecule has 0 amide bonds. The Morgan fingerprint density at radius 2 is 1.89 bits per heavy atom. The number of carbonyl (C=O) groups is 1. The zero-order valence-corrected chi connectivity index (χ0v) is 14.1. The molecule has 4 N–H and O–H groups in total. The zero-order chi connectivity index (χ0) is 20.0. The summed E-state index contributed by atoms with van der Waals surface area (Å²) in [6.45, 7) is 0. The van der Waals surface area contributed by atoms with Gasteiger partial charge in [0.15, 0.2) is 0 Å². The third-order valence-corrected chi connectivity index (χ3v) is 3.88. The van der Waals surface area contributed by atoms with Gasteiger partial charge in [0.25, 0.3) is 16.0 Å². The quantitative estimate of drug-likeness (QED) is 0.150. The van der Waals surface area contributed by atoms with Crippen LogP contribution in [0.25, 0.3) is 0 Å². The van der Waals surface area contributed by atoms with E-state index in [0.29, 0.717) is 0 Å². The molecule has 0 aliphatic carbocycles. The first-order valence-corrected chi connectivity index (χ1v) is 8.44. The summed E-state index contributed by atoms with van der Waals surface area (Å²) in [5, 5.41) is 38.5. The van der Waals surface area contributed by atoms with Crippen molar-refractivity contribution in [2.45, 2.75) is 4.90 Å². The highest BCUT2D eigenvalue weighted by Crippen LogP contribution is 2.26. The van der Waals surface area contributed by atoms with Crippen LogP contribution in [0.3, 0.4) is 0 Å². The van der Waals surface area contributed by atoms with E-state index in [1.54, 1.807) is 6.07 Å². The molecule has 2 aromatic rings. The van der Waals surface area contributed by atoms with E-state index in [0.717, 1.165) is 18.2 Å². The van der Waals surface area contributed by atoms with Gasteiger partial charge in [0.05, 0.1) is 16.1 Å². The number of azo groups is 1. The first-order chi connectivity index (χ1) is 12.7. The number of aromatic hydroxyl groups is 1. The van der Waals surface area contributed by atoms with Crippen molar-refractivity contribution >= 4 is 33.3 Å². The first-order valence-electron chi connectivity index (χ1n) is 7.00. The lowest BCUT2D eigenvalue weighted by atomic mass is 10.2. The van der Waals surface area contributed by atoms with E-state index in [9.17, 15) is 18.3 Å². The maximum Gasteiger partial charge on any atom is 0.337 e. The Labute approximate surface area is 152 Å². The largest absolute Gasteiger partial charge is 0.506 e. The number of carboxylic acids is 1. The number of phenols is 1. The molecule has 0 fully saturated rings. The average Bonchev–Trinajstić information content (AvgIpc) is 2.62. The number of nitrogens with zero attached hydrogens (tertiary/aromatic N) is 4. The van der Waals surface area contributed by atoms with E-state index in [2.05, 4.69) is 20.8 Å². The fourth-order valence-corrected chi connectivity index (χ4v) is 2.30. The van der Waals surface area contributed by atoms with E-state index in [1.165, 1.54) is 24.3 Å². The number of anilines is 1. The molecule has 0 unspecified atom stereocenters. The summed E-state index contributed by atoms with van der Waals surface area (Å²) in [6.07, 6.45) is 0. The molecule has 0 bridgehead atoms. The molecule has 2 aromatic carbocycles. The van der Waals surface area contributed by atoms with Crippen LogP contribution in [0.4, 0.5) is 11.4 Å². The number of hydrazone groups is 1. The Balaban J connectivity index is 2.29. The zero-order valence-electron chi connectivity index (χ0n) is 13.3. The fourth-order valence-electron chi connectivity index (χ4n) is 1.79. The lowest BCUT2D eigenvalue weighted by Crippen LogP contribution is -2.01. The van der Waals surface area contributed by atoms with Crippen LogP contribution in [0.15, 0.2) is 62.7 Å². The minimum atomic E-state index is -4.51. The van der Waals surface area contributed by atoms with E-state index in [-0.39, 0.29) is 16.9 Å². The second-order valence-electron chi connectivity index (χ2n) is 4.84. The van der Waals surface area contributed by atoms with Gasteiger partial charge in [-0.05, 0) is 30.3 Å². The van der Waals surface area contributed by atoms with E-state index < -0.39 is 32.6 Å². The van der Waals surface area contributed by atoms with Crippen LogP contribution >= 0.6 is 0 Å². The van der Waals surface area contributed by atoms with Gasteiger partial charge >= 0.3 is 5.97 Å². The molecule has 138 valence electrons. The van der Waals surface area contributed by atoms with Crippen LogP contribution in [0, 0.1) is 11.3 Å². The number of hydrogen-bond acceptors (Lipinski definition) is 8. The number of hydrogen-bond donors (Lipinski definition) is 4. The van der Waals surface area contributed by atoms with Crippen molar-refractivity contribution < 1.29 is 28.0 Å². The van der Waals surface area contributed by atoms with Gasteiger partial charge in [0, 0.05) is 0 Å². The Kier molecular flexibility index (Phi) is 5.81. The standard InChI is InChI=1S/C15H11N5O6S/c16-8-14(19-17-11-4-2-1-3-10(11)15(22)23)20-18-12-7-9(27(24,25)26)5-6-13(12)21/h1-7,18,21H,(H,22,23)(H,24,25,26)/b19-17?,20-14+. The molecule has 2 rings (SSSR count). The highest BCUT2D eigenvalue weighted by molar-refractivity contribution is 7.85. The minimum absolute atomic E-state index is 0.0100. The Morgan fingerprint density at radius 1 is 1.19 bits per heavy atom. The number of phenolic OH excluding ortho intramolecular Hbond substituents is 1. The normalized spacial score (nSPS) is 11.9. The summed E-state index contributed by atoms with van der Waals surface area (Å²) < 4.78 is 31.2. The van der Waals surface area contributed by atoms with Crippen molar-refractivity contribution in [1.29, 1.82) is 5.26 Å². The van der Waals surface area contributed by atoms with Crippen molar-refractivity contribution in [3.63, 3.8) is 0 Å². The Morgan fingerprint density at radius 3 is 2.52 bits per heavy atom. The summed E-state index contributed by atoms with van der Waals surface area (Å²) in [5.41, 5.74) is 1.85. The second-order valence-corrected chi connectivity index (χ2v) is 6.26. The number of nitrogens with one attached hydrogen (secondary N) is 1. The number of rotatable bonds is 5. The van der Waals surface area contributed by atoms with Crippen LogP contribution in [0.1, 0.15) is 10.4 Å². The van der Waals surface area contributed by atoms with Crippen LogP contribution < -0.4 is 5.43 Å². The van der Waals surface area contributed by atoms with E-state index in [1.807, 2.05) is 0 Å². The van der Waals surface area contributed by atoms with Crippen molar-refractivity contribution in [2.75, 3.05) is 5.43 Å². The van der Waals surface area contributed by atoms with Gasteiger partial charge in [0.2, 0.25) is 0 Å². The SMILES string of the molecule is N#C/C(N=Nc1ccccc1C(=O)O)=N\Nc1cc(S(=O)(=O)O)ccc1O. The third kappa shape index (κ3) is 5.08. The van der Waals surface area contributed by atoms with Crippen LogP contribution in [-0.4, -0.2) is 35.0 Å². The summed E-state index contributed by atoms with van der Waals surface area (Å²) in [5.74, 6) is -2.17. The minimum Gasteiger partial charge on any atom is -0.506 e. The molecular formula is C15H11N5O6S. The monoisotopic (exact) mass is 389 g/mol. The van der Waals surface area contributed by atoms with Gasteiger partial charge in [-0.15, -0.1) is 15.3 Å². The molecule has 0 atom stereocenters. The molecular weight excluding hydrogens is 378 g/mol. The molecule has 0 saturated carbocycles. The molecule has 0 aliphatic rings. The Bertz CT molecular complexity index is 1090. The number of benzene rings is 2. The average molecular weight is 389 g/mol. The third-order valence-electron chi connectivity index (χ3n) is 3.04. The van der Waals surface area contributed by atoms with Gasteiger partial charge in [-0.3, -0.25) is 9.98 Å². The van der Waals surface area contributed by atoms with Crippen molar-refractivity contribution in [2.24, 2.45) is 15.3 Å². The highest BCUT2D eigenvalue weighted by atomic mass is 32.2. The first kappa shape index (κ1) is 19.5. The van der Waals surface area contributed by atoms with Crippen molar-refractivity contribution in [1.82, 2.24) is 0 Å². The second kappa shape index (κ2) is 8.04. The Hall–Kier alpha value is -3.82. The molecule has 11 nitrogen and oxygen atoms in total. The smallest absolute Gasteiger partial charge is 0.337 e. The van der Waals surface area contributed by atoms with Crippen molar-refractivity contribution in [3.05, 3.63) is 48.0 Å². The number of aromatic carboxylic acids is 1. The van der Waals surface area contributed by atoms with E-state index in [4.69, 9.17) is 14.9 Å². The molecule has 27 heavy (non-hydrogen) atoms. The highest BCUT2D eigenvalue weighted by Gasteiger charge is 2.13. The van der Waals surface area contributed by atoms with Crippen LogP contribution in [0.2, 0.25) is 0 Å². The molecule has 0 heterocycles. The number of nitriles is 1. The number of carboxylic acid groups (broad SMARTS) is 1. The van der Waals surface area contributed by atoms with E-state index >= 15 is 0 Å². The molecule has 0 aromatic heterocycles. The molecule has 0 saturated heterocycles. The topological polar surface area (TPSA) is 185 Å². The van der Waals surface area contributed by atoms with Gasteiger partial charge < -0.3 is 10.2 Å². The van der Waals surface area contributed by atoms with Gasteiger partial charge in [0.1, 0.15) is 17.5 Å². The summed E-state index contributed by atoms with van der Waals surface area (Å²) in [6, 6.07) is 10.1. The van der Waals surface area contributed by atoms with Gasteiger partial charge in [-0.2, -0.15) is 13.7 Å². The summed E-state index contributed by atoms with van der Waals surface area (Å²) in [4.78, 5) is 10.6. The summed E-state index contributed by atoms with van der Waals surface area (Å²) >= 11 is 0. The molecule has 0 aliphatic heterocycles. The van der Waals surface area contributed by atoms with Crippen LogP contribution in [-0.2, 0) is 10.1 Å². The maximum atomic E-state index is 11.1. The maximum absolute atomic E-state index is 11.1. The van der Waals surface area contributed by atoms with Crippen LogP contribution in [0.5, 0.6) is 5.75 Å².